The van der Waals surface area contributed by atoms with Crippen molar-refractivity contribution in [1.29, 1.82) is 0 Å². The first kappa shape index (κ1) is 16.3. The fraction of sp³-hybridized carbons (Fsp3) is 0.714. The summed E-state index contributed by atoms with van der Waals surface area (Å²) in [6.45, 7) is 9.33. The summed E-state index contributed by atoms with van der Waals surface area (Å²) in [6.07, 6.45) is 0. The van der Waals surface area contributed by atoms with Crippen LogP contribution in [0.5, 0.6) is 0 Å². The predicted molar refractivity (Wildman–Crippen MR) is 86.6 cm³/mol. The molecule has 1 saturated heterocycles. The Hall–Kier alpha value is -1.61. The van der Waals surface area contributed by atoms with Gasteiger partial charge in [-0.1, -0.05) is 37.7 Å². The average molecular weight is 338 g/mol. The van der Waals surface area contributed by atoms with E-state index in [-0.39, 0.29) is 5.41 Å². The lowest BCUT2D eigenvalue weighted by Crippen LogP contribution is -2.37. The Morgan fingerprint density at radius 1 is 1.17 bits per heavy atom. The maximum atomic E-state index is 5.37. The number of anilines is 1. The van der Waals surface area contributed by atoms with Gasteiger partial charge in [0, 0.05) is 25.6 Å². The molecule has 1 aliphatic heterocycles. The minimum atomic E-state index is -0.110. The highest BCUT2D eigenvalue weighted by molar-refractivity contribution is 7.98. The van der Waals surface area contributed by atoms with E-state index in [9.17, 15) is 0 Å². The first-order chi connectivity index (χ1) is 10.9. The average Bonchev–Trinajstić information content (AvgIpc) is 3.13. The van der Waals surface area contributed by atoms with E-state index < -0.39 is 0 Å². The van der Waals surface area contributed by atoms with Gasteiger partial charge in [-0.05, 0) is 0 Å². The van der Waals surface area contributed by atoms with Gasteiger partial charge in [-0.3, -0.25) is 4.57 Å². The molecule has 0 N–H and O–H groups in total. The van der Waals surface area contributed by atoms with Crippen molar-refractivity contribution in [3.05, 3.63) is 11.7 Å². The van der Waals surface area contributed by atoms with Crippen LogP contribution in [-0.2, 0) is 23.0 Å². The first-order valence-corrected chi connectivity index (χ1v) is 8.61. The normalized spacial score (nSPS) is 16.1. The number of nitrogens with zero attached hydrogens (tertiary/aromatic N) is 6. The Morgan fingerprint density at radius 3 is 2.57 bits per heavy atom. The summed E-state index contributed by atoms with van der Waals surface area (Å²) in [5.74, 6) is 2.78. The highest BCUT2D eigenvalue weighted by atomic mass is 32.2. The molecule has 0 unspecified atom stereocenters. The SMILES string of the molecule is Cn1c(SCc2nc(C(C)(C)C)no2)nnc1N1CCOCC1. The quantitative estimate of drug-likeness (QED) is 0.778. The van der Waals surface area contributed by atoms with Crippen molar-refractivity contribution >= 4 is 17.7 Å². The summed E-state index contributed by atoms with van der Waals surface area (Å²) in [5, 5.41) is 13.4. The van der Waals surface area contributed by atoms with E-state index in [0.29, 0.717) is 11.6 Å². The Balaban J connectivity index is 1.64. The molecule has 0 aliphatic carbocycles. The molecule has 1 fully saturated rings. The molecule has 0 amide bonds. The molecular formula is C14H22N6O2S. The Bertz CT molecular complexity index is 657. The molecule has 0 spiro atoms. The van der Waals surface area contributed by atoms with Crippen LogP contribution in [0.25, 0.3) is 0 Å². The standard InChI is InChI=1S/C14H22N6O2S/c1-14(2,3)11-15-10(22-18-11)9-23-13-17-16-12(19(13)4)20-5-7-21-8-6-20/h5-9H2,1-4H3. The third-order valence-electron chi connectivity index (χ3n) is 3.57. The molecule has 2 aromatic heterocycles. The molecule has 23 heavy (non-hydrogen) atoms. The second kappa shape index (κ2) is 6.48. The van der Waals surface area contributed by atoms with Crippen molar-refractivity contribution in [3.63, 3.8) is 0 Å². The second-order valence-corrected chi connectivity index (χ2v) is 7.43. The van der Waals surface area contributed by atoms with E-state index in [4.69, 9.17) is 9.26 Å². The second-order valence-electron chi connectivity index (χ2n) is 6.49. The fourth-order valence-electron chi connectivity index (χ4n) is 2.22. The summed E-state index contributed by atoms with van der Waals surface area (Å²) in [5.41, 5.74) is -0.110. The van der Waals surface area contributed by atoms with Crippen LogP contribution in [0.3, 0.4) is 0 Å². The maximum Gasteiger partial charge on any atom is 0.237 e. The van der Waals surface area contributed by atoms with E-state index in [0.717, 1.165) is 43.2 Å². The van der Waals surface area contributed by atoms with Crippen molar-refractivity contribution < 1.29 is 9.26 Å². The lowest BCUT2D eigenvalue weighted by atomic mass is 9.96. The molecule has 0 atom stereocenters. The van der Waals surface area contributed by atoms with Crippen LogP contribution in [-0.4, -0.2) is 51.2 Å². The van der Waals surface area contributed by atoms with Crippen LogP contribution in [0.1, 0.15) is 32.5 Å². The zero-order valence-electron chi connectivity index (χ0n) is 13.9. The zero-order valence-corrected chi connectivity index (χ0v) is 14.8. The summed E-state index contributed by atoms with van der Waals surface area (Å²) >= 11 is 1.54. The number of aromatic nitrogens is 5. The molecule has 1 aliphatic rings. The minimum absolute atomic E-state index is 0.110. The van der Waals surface area contributed by atoms with E-state index >= 15 is 0 Å². The Labute approximate surface area is 139 Å². The lowest BCUT2D eigenvalue weighted by Gasteiger charge is -2.27. The zero-order chi connectivity index (χ0) is 16.4. The smallest absolute Gasteiger partial charge is 0.237 e. The summed E-state index contributed by atoms with van der Waals surface area (Å²) in [7, 11) is 1.97. The molecule has 3 rings (SSSR count). The monoisotopic (exact) mass is 338 g/mol. The van der Waals surface area contributed by atoms with Crippen LogP contribution in [0, 0.1) is 0 Å². The summed E-state index contributed by atoms with van der Waals surface area (Å²) < 4.78 is 12.7. The minimum Gasteiger partial charge on any atom is -0.378 e. The van der Waals surface area contributed by atoms with E-state index in [2.05, 4.69) is 46.0 Å². The molecule has 8 nitrogen and oxygen atoms in total. The maximum absolute atomic E-state index is 5.37. The van der Waals surface area contributed by atoms with Gasteiger partial charge in [0.25, 0.3) is 0 Å². The summed E-state index contributed by atoms with van der Waals surface area (Å²) in [6, 6.07) is 0. The highest BCUT2D eigenvalue weighted by Crippen LogP contribution is 2.25. The number of rotatable bonds is 4. The molecule has 126 valence electrons. The molecule has 9 heteroatoms. The van der Waals surface area contributed by atoms with Gasteiger partial charge in [0.2, 0.25) is 11.8 Å². The number of hydrogen-bond donors (Lipinski definition) is 0. The Kier molecular flexibility index (Phi) is 4.58. The van der Waals surface area contributed by atoms with Gasteiger partial charge in [0.05, 0.1) is 19.0 Å². The molecule has 3 heterocycles. The van der Waals surface area contributed by atoms with Crippen LogP contribution >= 0.6 is 11.8 Å². The highest BCUT2D eigenvalue weighted by Gasteiger charge is 2.22. The number of thioether (sulfide) groups is 1. The topological polar surface area (TPSA) is 82.1 Å². The molecule has 2 aromatic rings. The third-order valence-corrected chi connectivity index (χ3v) is 4.57. The van der Waals surface area contributed by atoms with E-state index in [1.807, 2.05) is 11.6 Å². The van der Waals surface area contributed by atoms with E-state index in [1.54, 1.807) is 11.8 Å². The third kappa shape index (κ3) is 3.66. The fourth-order valence-corrected chi connectivity index (χ4v) is 2.96. The van der Waals surface area contributed by atoms with Crippen LogP contribution in [0.15, 0.2) is 9.68 Å². The van der Waals surface area contributed by atoms with E-state index in [1.165, 1.54) is 0 Å². The summed E-state index contributed by atoms with van der Waals surface area (Å²) in [4.78, 5) is 6.63. The van der Waals surface area contributed by atoms with Crippen molar-refractivity contribution in [2.75, 3.05) is 31.2 Å². The Morgan fingerprint density at radius 2 is 1.91 bits per heavy atom. The molecule has 0 bridgehead atoms. The lowest BCUT2D eigenvalue weighted by molar-refractivity contribution is 0.121. The number of morpholine rings is 1. The van der Waals surface area contributed by atoms with Crippen LogP contribution in [0.4, 0.5) is 5.95 Å². The van der Waals surface area contributed by atoms with Gasteiger partial charge in [-0.25, -0.2) is 0 Å². The number of hydrogen-bond acceptors (Lipinski definition) is 8. The van der Waals surface area contributed by atoms with Gasteiger partial charge in [0.15, 0.2) is 11.0 Å². The van der Waals surface area contributed by atoms with Crippen molar-refractivity contribution in [2.24, 2.45) is 7.05 Å². The van der Waals surface area contributed by atoms with Gasteiger partial charge in [-0.2, -0.15) is 4.98 Å². The molecule has 0 saturated carbocycles. The van der Waals surface area contributed by atoms with Crippen LogP contribution < -0.4 is 4.90 Å². The first-order valence-electron chi connectivity index (χ1n) is 7.63. The molecule has 0 aromatic carbocycles. The number of ether oxygens (including phenoxy) is 1. The van der Waals surface area contributed by atoms with Crippen molar-refractivity contribution in [2.45, 2.75) is 37.1 Å². The van der Waals surface area contributed by atoms with Crippen LogP contribution in [0.2, 0.25) is 0 Å². The van der Waals surface area contributed by atoms with Gasteiger partial charge >= 0.3 is 0 Å². The van der Waals surface area contributed by atoms with Crippen molar-refractivity contribution in [1.82, 2.24) is 24.9 Å². The molecule has 0 radical (unpaired) electrons. The predicted octanol–water partition coefficient (Wildman–Crippen LogP) is 1.62. The van der Waals surface area contributed by atoms with Crippen molar-refractivity contribution in [3.8, 4) is 0 Å². The molecular weight excluding hydrogens is 316 g/mol. The largest absolute Gasteiger partial charge is 0.378 e. The van der Waals surface area contributed by atoms with Gasteiger partial charge in [-0.15, -0.1) is 10.2 Å². The van der Waals surface area contributed by atoms with Gasteiger partial charge in [0.1, 0.15) is 0 Å². The van der Waals surface area contributed by atoms with Gasteiger partial charge < -0.3 is 14.2 Å².